The van der Waals surface area contributed by atoms with E-state index in [1.165, 1.54) is 25.7 Å². The van der Waals surface area contributed by atoms with Crippen LogP contribution in [0.2, 0.25) is 5.02 Å². The highest BCUT2D eigenvalue weighted by Crippen LogP contribution is 2.49. The molecular formula is C20H23ClN2O2. The Morgan fingerprint density at radius 3 is 2.80 bits per heavy atom. The first-order chi connectivity index (χ1) is 12.0. The van der Waals surface area contributed by atoms with Crippen molar-refractivity contribution in [1.82, 2.24) is 10.5 Å². The zero-order valence-corrected chi connectivity index (χ0v) is 15.3. The zero-order chi connectivity index (χ0) is 17.6. The molecule has 2 fully saturated rings. The van der Waals surface area contributed by atoms with E-state index in [1.54, 1.807) is 13.0 Å². The van der Waals surface area contributed by atoms with Crippen LogP contribution in [0.25, 0.3) is 11.3 Å². The van der Waals surface area contributed by atoms with E-state index in [0.29, 0.717) is 28.0 Å². The molecule has 1 N–H and O–H groups in total. The molecule has 2 aliphatic carbocycles. The summed E-state index contributed by atoms with van der Waals surface area (Å²) in [5.74, 6) is 2.63. The van der Waals surface area contributed by atoms with Crippen molar-refractivity contribution in [3.8, 4) is 11.3 Å². The third kappa shape index (κ3) is 2.97. The van der Waals surface area contributed by atoms with Crippen molar-refractivity contribution >= 4 is 17.5 Å². The van der Waals surface area contributed by atoms with E-state index in [2.05, 4.69) is 17.4 Å². The molecule has 1 amide bonds. The lowest BCUT2D eigenvalue weighted by Crippen LogP contribution is -2.40. The second kappa shape index (κ2) is 6.49. The van der Waals surface area contributed by atoms with Gasteiger partial charge in [-0.05, 0) is 56.9 Å². The average molecular weight is 359 g/mol. The highest BCUT2D eigenvalue weighted by Gasteiger charge is 2.42. The van der Waals surface area contributed by atoms with Crippen molar-refractivity contribution in [2.75, 3.05) is 0 Å². The lowest BCUT2D eigenvalue weighted by Gasteiger charge is -2.28. The standard InChI is InChI=1S/C20H23ClN2O2/c1-11(16-10-13-7-8-14(16)9-13)22-20(24)18-12(2)25-23-19(18)15-5-3-4-6-17(15)21/h3-6,11,13-14,16H,7-10H2,1-2H3,(H,22,24)/t11-,13+,14+,16+/m0/s1. The molecule has 2 saturated carbocycles. The molecular weight excluding hydrogens is 336 g/mol. The highest BCUT2D eigenvalue weighted by atomic mass is 35.5. The first-order valence-electron chi connectivity index (χ1n) is 9.06. The quantitative estimate of drug-likeness (QED) is 0.849. The molecule has 1 aromatic heterocycles. The number of aryl methyl sites for hydroxylation is 1. The number of hydrogen-bond donors (Lipinski definition) is 1. The number of hydrogen-bond acceptors (Lipinski definition) is 3. The van der Waals surface area contributed by atoms with Crippen molar-refractivity contribution in [2.45, 2.75) is 45.6 Å². The fourth-order valence-electron chi connectivity index (χ4n) is 4.77. The molecule has 2 aliphatic rings. The van der Waals surface area contributed by atoms with Gasteiger partial charge in [-0.25, -0.2) is 0 Å². The van der Waals surface area contributed by atoms with Crippen LogP contribution in [0.15, 0.2) is 28.8 Å². The van der Waals surface area contributed by atoms with Gasteiger partial charge in [0.25, 0.3) is 5.91 Å². The Balaban J connectivity index is 1.56. The fraction of sp³-hybridized carbons (Fsp3) is 0.500. The summed E-state index contributed by atoms with van der Waals surface area (Å²) in [6.45, 7) is 3.89. The van der Waals surface area contributed by atoms with Crippen molar-refractivity contribution in [3.63, 3.8) is 0 Å². The van der Waals surface area contributed by atoms with Gasteiger partial charge in [0, 0.05) is 11.6 Å². The molecule has 132 valence electrons. The Morgan fingerprint density at radius 2 is 2.12 bits per heavy atom. The van der Waals surface area contributed by atoms with Crippen LogP contribution in [0.3, 0.4) is 0 Å². The molecule has 0 unspecified atom stereocenters. The minimum Gasteiger partial charge on any atom is -0.360 e. The lowest BCUT2D eigenvalue weighted by atomic mass is 9.84. The maximum Gasteiger partial charge on any atom is 0.257 e. The first-order valence-corrected chi connectivity index (χ1v) is 9.44. The predicted molar refractivity (Wildman–Crippen MR) is 97.6 cm³/mol. The summed E-state index contributed by atoms with van der Waals surface area (Å²) in [6, 6.07) is 7.55. The minimum absolute atomic E-state index is 0.121. The summed E-state index contributed by atoms with van der Waals surface area (Å²) >= 11 is 6.28. The van der Waals surface area contributed by atoms with Gasteiger partial charge in [-0.1, -0.05) is 41.4 Å². The van der Waals surface area contributed by atoms with Crippen LogP contribution in [-0.2, 0) is 0 Å². The largest absolute Gasteiger partial charge is 0.360 e. The lowest BCUT2D eigenvalue weighted by molar-refractivity contribution is 0.0914. The van der Waals surface area contributed by atoms with Gasteiger partial charge in [0.05, 0.1) is 5.02 Å². The van der Waals surface area contributed by atoms with Crippen molar-refractivity contribution in [1.29, 1.82) is 0 Å². The molecule has 0 radical (unpaired) electrons. The van der Waals surface area contributed by atoms with E-state index in [1.807, 2.05) is 18.2 Å². The normalized spacial score (nSPS) is 26.0. The highest BCUT2D eigenvalue weighted by molar-refractivity contribution is 6.33. The predicted octanol–water partition coefficient (Wildman–Crippen LogP) is 4.86. The summed E-state index contributed by atoms with van der Waals surface area (Å²) in [5.41, 5.74) is 1.72. The molecule has 1 heterocycles. The number of fused-ring (bicyclic) bond motifs is 2. The summed E-state index contributed by atoms with van der Waals surface area (Å²) in [4.78, 5) is 13.0. The molecule has 4 atom stereocenters. The summed E-state index contributed by atoms with van der Waals surface area (Å²) in [7, 11) is 0. The SMILES string of the molecule is Cc1onc(-c2ccccc2Cl)c1C(=O)N[C@@H](C)[C@H]1C[C@@H]2CC[C@@H]1C2. The third-order valence-corrected chi connectivity index (χ3v) is 6.34. The van der Waals surface area contributed by atoms with E-state index in [0.717, 1.165) is 17.4 Å². The van der Waals surface area contributed by atoms with Crippen molar-refractivity contribution in [3.05, 3.63) is 40.6 Å². The van der Waals surface area contributed by atoms with Gasteiger partial charge in [-0.15, -0.1) is 0 Å². The monoisotopic (exact) mass is 358 g/mol. The number of carbonyl (C=O) groups is 1. The number of halogens is 1. The summed E-state index contributed by atoms with van der Waals surface area (Å²) in [5, 5.41) is 7.85. The third-order valence-electron chi connectivity index (χ3n) is 6.01. The Morgan fingerprint density at radius 1 is 1.32 bits per heavy atom. The maximum atomic E-state index is 13.0. The second-order valence-corrected chi connectivity index (χ2v) is 7.95. The Hall–Kier alpha value is -1.81. The number of amides is 1. The molecule has 0 spiro atoms. The van der Waals surface area contributed by atoms with Gasteiger partial charge in [0.1, 0.15) is 17.0 Å². The van der Waals surface area contributed by atoms with Crippen LogP contribution in [0.5, 0.6) is 0 Å². The van der Waals surface area contributed by atoms with Crippen LogP contribution < -0.4 is 5.32 Å². The van der Waals surface area contributed by atoms with Gasteiger partial charge in [0.2, 0.25) is 0 Å². The minimum atomic E-state index is -0.121. The van der Waals surface area contributed by atoms with Gasteiger partial charge < -0.3 is 9.84 Å². The summed E-state index contributed by atoms with van der Waals surface area (Å²) < 4.78 is 5.31. The van der Waals surface area contributed by atoms with Gasteiger partial charge in [-0.2, -0.15) is 0 Å². The number of nitrogens with one attached hydrogen (secondary N) is 1. The van der Waals surface area contributed by atoms with Crippen LogP contribution in [0.4, 0.5) is 0 Å². The van der Waals surface area contributed by atoms with Gasteiger partial charge in [0.15, 0.2) is 0 Å². The zero-order valence-electron chi connectivity index (χ0n) is 14.6. The molecule has 2 aromatic rings. The molecule has 25 heavy (non-hydrogen) atoms. The smallest absolute Gasteiger partial charge is 0.257 e. The van der Waals surface area contributed by atoms with E-state index in [9.17, 15) is 4.79 Å². The van der Waals surface area contributed by atoms with Crippen molar-refractivity contribution < 1.29 is 9.32 Å². The van der Waals surface area contributed by atoms with E-state index >= 15 is 0 Å². The molecule has 4 rings (SSSR count). The van der Waals surface area contributed by atoms with Crippen LogP contribution in [0.1, 0.15) is 48.7 Å². The Bertz CT molecular complexity index is 801. The Labute approximate surface area is 152 Å². The number of rotatable bonds is 4. The first kappa shape index (κ1) is 16.6. The Kier molecular flexibility index (Phi) is 4.32. The molecule has 0 saturated heterocycles. The number of aromatic nitrogens is 1. The van der Waals surface area contributed by atoms with E-state index in [4.69, 9.17) is 16.1 Å². The fourth-order valence-corrected chi connectivity index (χ4v) is 4.99. The maximum absolute atomic E-state index is 13.0. The molecule has 1 aromatic carbocycles. The molecule has 2 bridgehead atoms. The van der Waals surface area contributed by atoms with Crippen LogP contribution in [0, 0.1) is 24.7 Å². The second-order valence-electron chi connectivity index (χ2n) is 7.54. The molecule has 0 aliphatic heterocycles. The molecule has 4 nitrogen and oxygen atoms in total. The van der Waals surface area contributed by atoms with E-state index in [-0.39, 0.29) is 11.9 Å². The van der Waals surface area contributed by atoms with Crippen molar-refractivity contribution in [2.24, 2.45) is 17.8 Å². The number of nitrogens with zero attached hydrogens (tertiary/aromatic N) is 1. The topological polar surface area (TPSA) is 55.1 Å². The number of carbonyl (C=O) groups excluding carboxylic acids is 1. The van der Waals surface area contributed by atoms with Gasteiger partial charge in [-0.3, -0.25) is 4.79 Å². The van der Waals surface area contributed by atoms with Crippen LogP contribution >= 0.6 is 11.6 Å². The van der Waals surface area contributed by atoms with Crippen LogP contribution in [-0.4, -0.2) is 17.1 Å². The summed E-state index contributed by atoms with van der Waals surface area (Å²) in [6.07, 6.45) is 5.25. The van der Waals surface area contributed by atoms with Gasteiger partial charge >= 0.3 is 0 Å². The molecule has 5 heteroatoms. The average Bonchev–Trinajstić information content (AvgIpc) is 3.30. The van der Waals surface area contributed by atoms with E-state index < -0.39 is 0 Å². The number of benzene rings is 1.